The number of hydrogen-bond acceptors (Lipinski definition) is 3. The summed E-state index contributed by atoms with van der Waals surface area (Å²) in [7, 11) is 5.02. The van der Waals surface area contributed by atoms with Crippen LogP contribution in [-0.4, -0.2) is 27.2 Å². The maximum Gasteiger partial charge on any atom is 0.191 e. The lowest BCUT2D eigenvalue weighted by molar-refractivity contribution is 0.354. The zero-order valence-corrected chi connectivity index (χ0v) is 18.4. The molecule has 0 heterocycles. The van der Waals surface area contributed by atoms with Crippen molar-refractivity contribution in [1.82, 2.24) is 10.6 Å². The summed E-state index contributed by atoms with van der Waals surface area (Å²) in [5.74, 6) is 2.18. The van der Waals surface area contributed by atoms with Crippen molar-refractivity contribution < 1.29 is 9.47 Å². The first-order valence-electron chi connectivity index (χ1n) is 7.56. The van der Waals surface area contributed by atoms with Crippen molar-refractivity contribution in [2.45, 2.75) is 13.1 Å². The highest BCUT2D eigenvalue weighted by Crippen LogP contribution is 2.27. The molecule has 5 nitrogen and oxygen atoms in total. The SMILES string of the molecule is CN=C(NCc1ccc(Br)cc1)NCc1ccc(OC)c(OC)c1.I. The van der Waals surface area contributed by atoms with E-state index in [0.717, 1.165) is 27.5 Å². The van der Waals surface area contributed by atoms with E-state index in [1.165, 1.54) is 5.56 Å². The number of hydrogen-bond donors (Lipinski definition) is 2. The molecule has 0 aromatic heterocycles. The Labute approximate surface area is 174 Å². The van der Waals surface area contributed by atoms with Crippen LogP contribution < -0.4 is 20.1 Å². The molecular weight excluding hydrogens is 497 g/mol. The Bertz CT molecular complexity index is 693. The van der Waals surface area contributed by atoms with Gasteiger partial charge in [0, 0.05) is 24.6 Å². The first kappa shape index (κ1) is 21.6. The molecule has 0 aliphatic rings. The smallest absolute Gasteiger partial charge is 0.191 e. The summed E-state index contributed by atoms with van der Waals surface area (Å²) in [6, 6.07) is 14.0. The Balaban J connectivity index is 0.00000312. The van der Waals surface area contributed by atoms with Crippen LogP contribution in [-0.2, 0) is 13.1 Å². The molecule has 136 valence electrons. The van der Waals surface area contributed by atoms with E-state index in [2.05, 4.69) is 43.7 Å². The van der Waals surface area contributed by atoms with Crippen molar-refractivity contribution in [1.29, 1.82) is 0 Å². The number of benzene rings is 2. The molecule has 0 atom stereocenters. The predicted molar refractivity (Wildman–Crippen MR) is 116 cm³/mol. The van der Waals surface area contributed by atoms with Crippen LogP contribution in [0.1, 0.15) is 11.1 Å². The third kappa shape index (κ3) is 6.74. The van der Waals surface area contributed by atoms with Gasteiger partial charge in [0.2, 0.25) is 0 Å². The van der Waals surface area contributed by atoms with Crippen molar-refractivity contribution in [3.8, 4) is 11.5 Å². The Morgan fingerprint density at radius 1 is 0.920 bits per heavy atom. The third-order valence-electron chi connectivity index (χ3n) is 3.50. The molecule has 2 aromatic rings. The molecule has 0 saturated carbocycles. The summed E-state index contributed by atoms with van der Waals surface area (Å²) in [6.07, 6.45) is 0. The number of nitrogens with one attached hydrogen (secondary N) is 2. The van der Waals surface area contributed by atoms with Gasteiger partial charge in [-0.05, 0) is 35.4 Å². The minimum Gasteiger partial charge on any atom is -0.493 e. The van der Waals surface area contributed by atoms with Crippen molar-refractivity contribution >= 4 is 45.9 Å². The Morgan fingerprint density at radius 3 is 2.04 bits per heavy atom. The maximum atomic E-state index is 5.32. The van der Waals surface area contributed by atoms with E-state index in [0.29, 0.717) is 13.1 Å². The van der Waals surface area contributed by atoms with E-state index >= 15 is 0 Å². The number of halogens is 2. The minimum atomic E-state index is 0. The molecular formula is C18H23BrIN3O2. The lowest BCUT2D eigenvalue weighted by Crippen LogP contribution is -2.36. The molecule has 25 heavy (non-hydrogen) atoms. The van der Waals surface area contributed by atoms with E-state index in [-0.39, 0.29) is 24.0 Å². The highest BCUT2D eigenvalue weighted by atomic mass is 127. The molecule has 0 saturated heterocycles. The van der Waals surface area contributed by atoms with Crippen LogP contribution in [0.25, 0.3) is 0 Å². The van der Waals surface area contributed by atoms with Gasteiger partial charge in [-0.3, -0.25) is 4.99 Å². The Kier molecular flexibility index (Phi) is 9.66. The van der Waals surface area contributed by atoms with Crippen LogP contribution in [0.3, 0.4) is 0 Å². The van der Waals surface area contributed by atoms with Gasteiger partial charge in [-0.2, -0.15) is 0 Å². The second-order valence-corrected chi connectivity index (χ2v) is 6.01. The van der Waals surface area contributed by atoms with Crippen molar-refractivity contribution in [2.24, 2.45) is 4.99 Å². The largest absolute Gasteiger partial charge is 0.493 e. The average Bonchev–Trinajstić information content (AvgIpc) is 2.63. The standard InChI is InChI=1S/C18H22BrN3O2.HI/c1-20-18(21-11-13-4-7-15(19)8-5-13)22-12-14-6-9-16(23-2)17(10-14)24-3;/h4-10H,11-12H2,1-3H3,(H2,20,21,22);1H. The molecule has 0 aliphatic heterocycles. The fraction of sp³-hybridized carbons (Fsp3) is 0.278. The highest BCUT2D eigenvalue weighted by Gasteiger charge is 2.05. The normalized spacial score (nSPS) is 10.6. The molecule has 0 aliphatic carbocycles. The lowest BCUT2D eigenvalue weighted by Gasteiger charge is -2.13. The summed E-state index contributed by atoms with van der Waals surface area (Å²) < 4.78 is 11.6. The van der Waals surface area contributed by atoms with Crippen LogP contribution in [0.4, 0.5) is 0 Å². The van der Waals surface area contributed by atoms with Crippen LogP contribution >= 0.6 is 39.9 Å². The molecule has 7 heteroatoms. The molecule has 0 spiro atoms. The van der Waals surface area contributed by atoms with E-state index in [1.807, 2.05) is 30.3 Å². The average molecular weight is 520 g/mol. The number of rotatable bonds is 6. The first-order chi connectivity index (χ1) is 11.7. The number of guanidine groups is 1. The van der Waals surface area contributed by atoms with Gasteiger partial charge in [0.15, 0.2) is 17.5 Å². The molecule has 2 N–H and O–H groups in total. The zero-order valence-electron chi connectivity index (χ0n) is 14.5. The fourth-order valence-electron chi connectivity index (χ4n) is 2.19. The van der Waals surface area contributed by atoms with E-state index in [9.17, 15) is 0 Å². The van der Waals surface area contributed by atoms with Crippen molar-refractivity contribution in [3.05, 3.63) is 58.1 Å². The minimum absolute atomic E-state index is 0. The molecule has 0 radical (unpaired) electrons. The van der Waals surface area contributed by atoms with Gasteiger partial charge >= 0.3 is 0 Å². The van der Waals surface area contributed by atoms with Crippen LogP contribution in [0.5, 0.6) is 11.5 Å². The van der Waals surface area contributed by atoms with Gasteiger partial charge in [-0.25, -0.2) is 0 Å². The third-order valence-corrected chi connectivity index (χ3v) is 4.03. The van der Waals surface area contributed by atoms with Gasteiger partial charge in [-0.15, -0.1) is 24.0 Å². The number of nitrogens with zero attached hydrogens (tertiary/aromatic N) is 1. The topological polar surface area (TPSA) is 54.9 Å². The summed E-state index contributed by atoms with van der Waals surface area (Å²) in [4.78, 5) is 4.24. The summed E-state index contributed by atoms with van der Waals surface area (Å²) in [5, 5.41) is 6.58. The molecule has 2 rings (SSSR count). The second kappa shape index (κ2) is 11.2. The van der Waals surface area contributed by atoms with Gasteiger partial charge in [0.05, 0.1) is 14.2 Å². The van der Waals surface area contributed by atoms with E-state index in [1.54, 1.807) is 21.3 Å². The number of methoxy groups -OCH3 is 2. The summed E-state index contributed by atoms with van der Waals surface area (Å²) >= 11 is 3.44. The monoisotopic (exact) mass is 519 g/mol. The van der Waals surface area contributed by atoms with Gasteiger partial charge in [0.1, 0.15) is 0 Å². The quantitative estimate of drug-likeness (QED) is 0.345. The van der Waals surface area contributed by atoms with Crippen LogP contribution in [0.2, 0.25) is 0 Å². The number of ether oxygens (including phenoxy) is 2. The molecule has 0 unspecified atom stereocenters. The maximum absolute atomic E-state index is 5.32. The summed E-state index contributed by atoms with van der Waals surface area (Å²) in [5.41, 5.74) is 2.27. The Hall–Kier alpha value is -1.48. The zero-order chi connectivity index (χ0) is 17.4. The molecule has 0 amide bonds. The molecule has 0 fully saturated rings. The molecule has 2 aromatic carbocycles. The van der Waals surface area contributed by atoms with E-state index < -0.39 is 0 Å². The van der Waals surface area contributed by atoms with Gasteiger partial charge in [0.25, 0.3) is 0 Å². The van der Waals surface area contributed by atoms with Gasteiger partial charge in [-0.1, -0.05) is 34.1 Å². The van der Waals surface area contributed by atoms with Crippen LogP contribution in [0.15, 0.2) is 51.9 Å². The lowest BCUT2D eigenvalue weighted by atomic mass is 10.2. The first-order valence-corrected chi connectivity index (χ1v) is 8.35. The van der Waals surface area contributed by atoms with Gasteiger partial charge < -0.3 is 20.1 Å². The summed E-state index contributed by atoms with van der Waals surface area (Å²) in [6.45, 7) is 1.35. The van der Waals surface area contributed by atoms with Crippen LogP contribution in [0, 0.1) is 0 Å². The van der Waals surface area contributed by atoms with Crippen molar-refractivity contribution in [2.75, 3.05) is 21.3 Å². The molecule has 0 bridgehead atoms. The highest BCUT2D eigenvalue weighted by molar-refractivity contribution is 14.0. The number of aliphatic imine (C=N–C) groups is 1. The van der Waals surface area contributed by atoms with Crippen molar-refractivity contribution in [3.63, 3.8) is 0 Å². The predicted octanol–water partition coefficient (Wildman–Crippen LogP) is 3.95. The second-order valence-electron chi connectivity index (χ2n) is 5.10. The van der Waals surface area contributed by atoms with E-state index in [4.69, 9.17) is 9.47 Å². The fourth-order valence-corrected chi connectivity index (χ4v) is 2.45. The Morgan fingerprint density at radius 2 is 1.48 bits per heavy atom.